The second-order valence-electron chi connectivity index (χ2n) is 6.99. The number of benzene rings is 1. The van der Waals surface area contributed by atoms with Gasteiger partial charge < -0.3 is 9.84 Å². The molecule has 1 rings (SSSR count). The van der Waals surface area contributed by atoms with E-state index in [1.165, 1.54) is 24.0 Å². The Kier molecular flexibility index (Phi) is 7.92. The summed E-state index contributed by atoms with van der Waals surface area (Å²) in [6, 6.07) is 6.21. The molecule has 0 saturated heterocycles. The van der Waals surface area contributed by atoms with Crippen LogP contribution in [-0.4, -0.2) is 55.3 Å². The van der Waals surface area contributed by atoms with Crippen molar-refractivity contribution in [3.8, 4) is 0 Å². The van der Waals surface area contributed by atoms with Crippen LogP contribution in [0.2, 0.25) is 0 Å². The number of rotatable bonds is 7. The number of nitrogens with one attached hydrogen (secondary N) is 1. The van der Waals surface area contributed by atoms with E-state index in [1.54, 1.807) is 32.9 Å². The summed E-state index contributed by atoms with van der Waals surface area (Å²) in [4.78, 5) is 40.6. The average molecular weight is 428 g/mol. The first kappa shape index (κ1) is 24.1. The number of ether oxygens (including phenoxy) is 1. The summed E-state index contributed by atoms with van der Waals surface area (Å²) < 4.78 is 28.8. The van der Waals surface area contributed by atoms with Crippen molar-refractivity contribution in [3.63, 3.8) is 0 Å². The Hall–Kier alpha value is -2.92. The summed E-state index contributed by atoms with van der Waals surface area (Å²) in [6.45, 7) is 5.18. The van der Waals surface area contributed by atoms with Crippen molar-refractivity contribution in [1.82, 2.24) is 9.79 Å². The van der Waals surface area contributed by atoms with Gasteiger partial charge in [-0.3, -0.25) is 14.4 Å². The van der Waals surface area contributed by atoms with Gasteiger partial charge in [-0.2, -0.15) is 0 Å². The van der Waals surface area contributed by atoms with Crippen molar-refractivity contribution in [3.05, 3.63) is 47.2 Å². The molecule has 0 atom stereocenters. The Morgan fingerprint density at radius 3 is 2.17 bits per heavy atom. The van der Waals surface area contributed by atoms with Crippen LogP contribution in [-0.2, 0) is 35.7 Å². The summed E-state index contributed by atoms with van der Waals surface area (Å²) in [5.74, 6) is -3.83. The maximum Gasteiger partial charge on any atom is 0.338 e. The normalized spacial score (nSPS) is 12.2. The summed E-state index contributed by atoms with van der Waals surface area (Å²) in [7, 11) is -2.69. The molecule has 2 amide bonds. The number of hydrogen-bond acceptors (Lipinski definition) is 8. The molecule has 11 heteroatoms. The lowest BCUT2D eigenvalue weighted by atomic mass is 10.1. The Labute approximate surface area is 169 Å². The third-order valence-corrected chi connectivity index (χ3v) is 3.71. The van der Waals surface area contributed by atoms with Crippen LogP contribution in [0.3, 0.4) is 0 Å². The molecule has 0 unspecified atom stereocenters. The molecule has 0 aliphatic carbocycles. The minimum Gasteiger partial charge on any atom is -0.503 e. The molecule has 160 valence electrons. The monoisotopic (exact) mass is 428 g/mol. The molecule has 0 spiro atoms. The number of amides is 2. The molecule has 0 fully saturated rings. The number of hydrogen-bond donors (Lipinski definition) is 2. The zero-order chi connectivity index (χ0) is 22.4. The third kappa shape index (κ3) is 8.75. The molecule has 29 heavy (non-hydrogen) atoms. The summed E-state index contributed by atoms with van der Waals surface area (Å²) in [5.41, 5.74) is 0.280. The Balaban J connectivity index is 2.84. The maximum atomic E-state index is 12.2. The molecular weight excluding hydrogens is 404 g/mol. The fourth-order valence-corrected chi connectivity index (χ4v) is 2.40. The molecule has 0 aliphatic rings. The van der Waals surface area contributed by atoms with E-state index in [4.69, 9.17) is 9.57 Å². The lowest BCUT2D eigenvalue weighted by Gasteiger charge is -2.20. The van der Waals surface area contributed by atoms with Crippen LogP contribution >= 0.6 is 0 Å². The van der Waals surface area contributed by atoms with Crippen LogP contribution in [0.15, 0.2) is 36.1 Å². The van der Waals surface area contributed by atoms with Crippen molar-refractivity contribution in [1.29, 1.82) is 0 Å². The molecule has 10 nitrogen and oxygen atoms in total. The predicted molar refractivity (Wildman–Crippen MR) is 103 cm³/mol. The van der Waals surface area contributed by atoms with Gasteiger partial charge in [-0.15, -0.1) is 0 Å². The zero-order valence-corrected chi connectivity index (χ0v) is 17.6. The first-order valence-electron chi connectivity index (χ1n) is 8.32. The quantitative estimate of drug-likeness (QED) is 0.284. The molecule has 0 aromatic heterocycles. The highest BCUT2D eigenvalue weighted by Crippen LogP contribution is 2.14. The topological polar surface area (TPSA) is 139 Å². The van der Waals surface area contributed by atoms with Gasteiger partial charge in [0, 0.05) is 0 Å². The first-order valence-corrected chi connectivity index (χ1v) is 10.2. The molecule has 1 aromatic carbocycles. The minimum absolute atomic E-state index is 0.0680. The van der Waals surface area contributed by atoms with Crippen LogP contribution in [0.25, 0.3) is 0 Å². The second-order valence-corrected chi connectivity index (χ2v) is 8.74. The summed E-state index contributed by atoms with van der Waals surface area (Å²) in [5, 5.41) is 10.4. The SMILES string of the molecule is CON(Cc1ccc(C(=O)OC(C)(C)C)cc1)C(=O)C=C(O)C(=O)NS(C)(=O)=O. The number of carbonyl (C=O) groups is 3. The van der Waals surface area contributed by atoms with Gasteiger partial charge in [0.2, 0.25) is 10.0 Å². The van der Waals surface area contributed by atoms with E-state index in [0.717, 1.165) is 11.3 Å². The van der Waals surface area contributed by atoms with Gasteiger partial charge in [0.1, 0.15) is 5.60 Å². The van der Waals surface area contributed by atoms with E-state index in [9.17, 15) is 27.9 Å². The maximum absolute atomic E-state index is 12.2. The van der Waals surface area contributed by atoms with E-state index in [1.807, 2.05) is 0 Å². The highest BCUT2D eigenvalue weighted by atomic mass is 32.2. The average Bonchev–Trinajstić information content (AvgIpc) is 2.56. The van der Waals surface area contributed by atoms with Crippen molar-refractivity contribution in [2.45, 2.75) is 32.9 Å². The highest BCUT2D eigenvalue weighted by Gasteiger charge is 2.20. The molecule has 0 radical (unpaired) electrons. The van der Waals surface area contributed by atoms with Crippen LogP contribution in [0.5, 0.6) is 0 Å². The number of sulfonamides is 1. The lowest BCUT2D eigenvalue weighted by molar-refractivity contribution is -0.173. The number of hydroxylamine groups is 2. The van der Waals surface area contributed by atoms with Gasteiger partial charge in [-0.1, -0.05) is 12.1 Å². The second kappa shape index (κ2) is 9.52. The van der Waals surface area contributed by atoms with Gasteiger partial charge >= 0.3 is 5.97 Å². The smallest absolute Gasteiger partial charge is 0.338 e. The van der Waals surface area contributed by atoms with Gasteiger partial charge in [-0.05, 0) is 38.5 Å². The highest BCUT2D eigenvalue weighted by molar-refractivity contribution is 7.89. The van der Waals surface area contributed by atoms with Gasteiger partial charge in [0.25, 0.3) is 11.8 Å². The molecule has 0 saturated carbocycles. The third-order valence-electron chi connectivity index (χ3n) is 3.15. The summed E-state index contributed by atoms with van der Waals surface area (Å²) >= 11 is 0. The van der Waals surface area contributed by atoms with Crippen LogP contribution in [0.4, 0.5) is 0 Å². The van der Waals surface area contributed by atoms with Crippen molar-refractivity contribution in [2.24, 2.45) is 0 Å². The standard InChI is InChI=1S/C18H24N2O8S/c1-18(2,3)28-17(24)13-8-6-12(7-9-13)11-20(27-4)15(22)10-14(21)16(23)19-29(5,25)26/h6-10,21H,11H2,1-5H3,(H,19,23). The molecule has 0 heterocycles. The number of aliphatic hydroxyl groups excluding tert-OH is 1. The molecule has 2 N–H and O–H groups in total. The fraction of sp³-hybridized carbons (Fsp3) is 0.389. The van der Waals surface area contributed by atoms with E-state index in [-0.39, 0.29) is 6.54 Å². The van der Waals surface area contributed by atoms with Gasteiger partial charge in [0.05, 0.1) is 31.5 Å². The van der Waals surface area contributed by atoms with E-state index in [0.29, 0.717) is 17.2 Å². The summed E-state index contributed by atoms with van der Waals surface area (Å²) in [6.07, 6.45) is 1.25. The Morgan fingerprint density at radius 2 is 1.72 bits per heavy atom. The van der Waals surface area contributed by atoms with Crippen molar-refractivity contribution >= 4 is 27.8 Å². The minimum atomic E-state index is -3.90. The van der Waals surface area contributed by atoms with Crippen LogP contribution in [0, 0.1) is 0 Å². The van der Waals surface area contributed by atoms with E-state index in [2.05, 4.69) is 0 Å². The number of carbonyl (C=O) groups excluding carboxylic acids is 3. The van der Waals surface area contributed by atoms with Crippen LogP contribution < -0.4 is 4.72 Å². The Morgan fingerprint density at radius 1 is 1.17 bits per heavy atom. The largest absolute Gasteiger partial charge is 0.503 e. The van der Waals surface area contributed by atoms with E-state index >= 15 is 0 Å². The predicted octanol–water partition coefficient (Wildman–Crippen LogP) is 1.05. The van der Waals surface area contributed by atoms with Crippen molar-refractivity contribution < 1.29 is 37.5 Å². The zero-order valence-electron chi connectivity index (χ0n) is 16.8. The lowest BCUT2D eigenvalue weighted by Crippen LogP contribution is -2.32. The Bertz CT molecular complexity index is 899. The molecule has 0 bridgehead atoms. The number of nitrogens with zero attached hydrogens (tertiary/aromatic N) is 1. The van der Waals surface area contributed by atoms with E-state index < -0.39 is 39.2 Å². The van der Waals surface area contributed by atoms with Gasteiger partial charge in [0.15, 0.2) is 5.76 Å². The fourth-order valence-electron chi connectivity index (χ4n) is 1.96. The molecule has 0 aliphatic heterocycles. The number of esters is 1. The molecular formula is C18H24N2O8S. The first-order chi connectivity index (χ1) is 13.2. The van der Waals surface area contributed by atoms with Crippen molar-refractivity contribution in [2.75, 3.05) is 13.4 Å². The number of aliphatic hydroxyl groups is 1. The van der Waals surface area contributed by atoms with Crippen LogP contribution in [0.1, 0.15) is 36.7 Å². The molecule has 1 aromatic rings. The van der Waals surface area contributed by atoms with Gasteiger partial charge in [-0.25, -0.2) is 23.0 Å².